The smallest absolute Gasteiger partial charge is 0.125 e. The molecule has 18 heavy (non-hydrogen) atoms. The van der Waals surface area contributed by atoms with E-state index in [0.29, 0.717) is 17.7 Å². The molecule has 0 aliphatic heterocycles. The van der Waals surface area contributed by atoms with Crippen LogP contribution in [-0.4, -0.2) is 12.6 Å². The number of rotatable bonds is 6. The van der Waals surface area contributed by atoms with E-state index in [1.165, 1.54) is 11.1 Å². The molecule has 0 heterocycles. The molecule has 0 saturated carbocycles. The van der Waals surface area contributed by atoms with Crippen molar-refractivity contribution in [3.8, 4) is 5.75 Å². The number of aryl methyl sites for hydroxylation is 1. The van der Waals surface area contributed by atoms with Crippen molar-refractivity contribution in [3.05, 3.63) is 39.9 Å². The molecule has 2 nitrogen and oxygen atoms in total. The minimum absolute atomic E-state index is 0.294. The third-order valence-corrected chi connectivity index (χ3v) is 2.99. The third kappa shape index (κ3) is 5.30. The molecule has 0 atom stereocenters. The first-order valence-corrected chi connectivity index (χ1v) is 6.75. The lowest BCUT2D eigenvalue weighted by atomic mass is 10.1. The molecule has 0 aliphatic carbocycles. The molecule has 0 amide bonds. The van der Waals surface area contributed by atoms with Gasteiger partial charge < -0.3 is 10.1 Å². The van der Waals surface area contributed by atoms with E-state index in [4.69, 9.17) is 27.9 Å². The molecule has 0 spiro atoms. The number of ether oxygens (including phenoxy) is 1. The van der Waals surface area contributed by atoms with Gasteiger partial charge in [0.15, 0.2) is 0 Å². The molecule has 0 radical (unpaired) electrons. The molecule has 0 fully saturated rings. The van der Waals surface area contributed by atoms with Gasteiger partial charge in [0.2, 0.25) is 0 Å². The standard InChI is InChI=1S/C14H19Cl2NO/c1-10(2)17-8-12-6-11(3)4-5-14(12)18-9-13(16)7-15/h4-7,10,17H,8-9H2,1-3H3. The fourth-order valence-electron chi connectivity index (χ4n) is 1.48. The number of benzene rings is 1. The first-order chi connectivity index (χ1) is 8.52. The molecule has 1 aromatic carbocycles. The molecule has 1 N–H and O–H groups in total. The van der Waals surface area contributed by atoms with Gasteiger partial charge in [-0.05, 0) is 13.0 Å². The highest BCUT2D eigenvalue weighted by Gasteiger charge is 2.05. The summed E-state index contributed by atoms with van der Waals surface area (Å²) in [6.07, 6.45) is 0. The van der Waals surface area contributed by atoms with Crippen LogP contribution in [-0.2, 0) is 6.54 Å². The van der Waals surface area contributed by atoms with Crippen molar-refractivity contribution in [2.24, 2.45) is 0 Å². The molecule has 0 bridgehead atoms. The van der Waals surface area contributed by atoms with Gasteiger partial charge in [0, 0.05) is 23.7 Å². The summed E-state index contributed by atoms with van der Waals surface area (Å²) in [5.74, 6) is 0.838. The van der Waals surface area contributed by atoms with Gasteiger partial charge in [-0.1, -0.05) is 54.7 Å². The second-order valence-electron chi connectivity index (χ2n) is 4.49. The van der Waals surface area contributed by atoms with E-state index in [2.05, 4.69) is 32.2 Å². The quantitative estimate of drug-likeness (QED) is 0.847. The average Bonchev–Trinajstić information content (AvgIpc) is 2.34. The van der Waals surface area contributed by atoms with E-state index < -0.39 is 0 Å². The van der Waals surface area contributed by atoms with Gasteiger partial charge in [0.1, 0.15) is 12.4 Å². The Hall–Kier alpha value is -0.700. The molecule has 4 heteroatoms. The van der Waals surface area contributed by atoms with E-state index in [1.807, 2.05) is 12.1 Å². The third-order valence-electron chi connectivity index (χ3n) is 2.40. The molecule has 1 aromatic rings. The SMILES string of the molecule is Cc1ccc(OCC(Cl)=CCl)c(CNC(C)C)c1. The van der Waals surface area contributed by atoms with Crippen LogP contribution in [0.15, 0.2) is 28.8 Å². The summed E-state index contributed by atoms with van der Waals surface area (Å²) >= 11 is 11.3. The lowest BCUT2D eigenvalue weighted by Gasteiger charge is -2.14. The summed E-state index contributed by atoms with van der Waals surface area (Å²) in [5.41, 5.74) is 3.66. The van der Waals surface area contributed by atoms with Crippen molar-refractivity contribution in [2.45, 2.75) is 33.4 Å². The van der Waals surface area contributed by atoms with Crippen molar-refractivity contribution in [3.63, 3.8) is 0 Å². The second kappa shape index (κ2) is 7.67. The summed E-state index contributed by atoms with van der Waals surface area (Å²) in [7, 11) is 0. The largest absolute Gasteiger partial charge is 0.488 e. The Labute approximate surface area is 119 Å². The molecular weight excluding hydrogens is 269 g/mol. The first kappa shape index (κ1) is 15.4. The van der Waals surface area contributed by atoms with Crippen LogP contribution in [0.25, 0.3) is 0 Å². The van der Waals surface area contributed by atoms with Crippen LogP contribution < -0.4 is 10.1 Å². The molecule has 0 saturated heterocycles. The van der Waals surface area contributed by atoms with Crippen molar-refractivity contribution >= 4 is 23.2 Å². The van der Waals surface area contributed by atoms with Gasteiger partial charge in [0.05, 0.1) is 5.03 Å². The highest BCUT2D eigenvalue weighted by Crippen LogP contribution is 2.21. The number of hydrogen-bond acceptors (Lipinski definition) is 2. The predicted octanol–water partition coefficient (Wildman–Crippen LogP) is 4.19. The Morgan fingerprint density at radius 2 is 2.17 bits per heavy atom. The van der Waals surface area contributed by atoms with Gasteiger partial charge >= 0.3 is 0 Å². The summed E-state index contributed by atoms with van der Waals surface area (Å²) in [6, 6.07) is 6.53. The normalized spacial score (nSPS) is 12.0. The molecule has 0 aliphatic rings. The fraction of sp³-hybridized carbons (Fsp3) is 0.429. The monoisotopic (exact) mass is 287 g/mol. The second-order valence-corrected chi connectivity index (χ2v) is 5.20. The van der Waals surface area contributed by atoms with E-state index in [9.17, 15) is 0 Å². The zero-order valence-electron chi connectivity index (χ0n) is 11.0. The maximum absolute atomic E-state index is 5.81. The predicted molar refractivity (Wildman–Crippen MR) is 78.4 cm³/mol. The van der Waals surface area contributed by atoms with Gasteiger partial charge in [0.25, 0.3) is 0 Å². The minimum Gasteiger partial charge on any atom is -0.488 e. The Morgan fingerprint density at radius 3 is 2.78 bits per heavy atom. The van der Waals surface area contributed by atoms with Crippen LogP contribution in [0, 0.1) is 6.92 Å². The van der Waals surface area contributed by atoms with Crippen LogP contribution in [0.1, 0.15) is 25.0 Å². The maximum atomic E-state index is 5.81. The Bertz CT molecular complexity index is 416. The molecule has 0 aromatic heterocycles. The Balaban J connectivity index is 2.76. The van der Waals surface area contributed by atoms with Crippen molar-refractivity contribution in [2.75, 3.05) is 6.61 Å². The number of nitrogens with one attached hydrogen (secondary N) is 1. The maximum Gasteiger partial charge on any atom is 0.125 e. The van der Waals surface area contributed by atoms with Crippen LogP contribution in [0.5, 0.6) is 5.75 Å². The fourth-order valence-corrected chi connectivity index (χ4v) is 1.60. The Morgan fingerprint density at radius 1 is 1.44 bits per heavy atom. The van der Waals surface area contributed by atoms with Crippen LogP contribution in [0.3, 0.4) is 0 Å². The first-order valence-electron chi connectivity index (χ1n) is 5.93. The lowest BCUT2D eigenvalue weighted by molar-refractivity contribution is 0.353. The minimum atomic E-state index is 0.294. The number of halogens is 2. The van der Waals surface area contributed by atoms with Gasteiger partial charge in [-0.25, -0.2) is 0 Å². The van der Waals surface area contributed by atoms with E-state index >= 15 is 0 Å². The van der Waals surface area contributed by atoms with E-state index in [0.717, 1.165) is 17.9 Å². The number of hydrogen-bond donors (Lipinski definition) is 1. The van der Waals surface area contributed by atoms with E-state index in [1.54, 1.807) is 0 Å². The molecular formula is C14H19Cl2NO. The summed E-state index contributed by atoms with van der Waals surface area (Å²) in [5, 5.41) is 3.86. The molecule has 100 valence electrons. The van der Waals surface area contributed by atoms with E-state index in [-0.39, 0.29) is 0 Å². The summed E-state index contributed by atoms with van der Waals surface area (Å²) in [6.45, 7) is 7.36. The Kier molecular flexibility index (Phi) is 6.55. The zero-order valence-corrected chi connectivity index (χ0v) is 12.5. The lowest BCUT2D eigenvalue weighted by Crippen LogP contribution is -2.22. The molecule has 0 unspecified atom stereocenters. The topological polar surface area (TPSA) is 21.3 Å². The van der Waals surface area contributed by atoms with Crippen LogP contribution in [0.4, 0.5) is 0 Å². The van der Waals surface area contributed by atoms with Crippen molar-refractivity contribution in [1.82, 2.24) is 5.32 Å². The highest BCUT2D eigenvalue weighted by molar-refractivity contribution is 6.36. The summed E-state index contributed by atoms with van der Waals surface area (Å²) < 4.78 is 5.65. The molecule has 1 rings (SSSR count). The van der Waals surface area contributed by atoms with Gasteiger partial charge in [-0.2, -0.15) is 0 Å². The average molecular weight is 288 g/mol. The van der Waals surface area contributed by atoms with Crippen LogP contribution >= 0.6 is 23.2 Å². The van der Waals surface area contributed by atoms with Gasteiger partial charge in [-0.3, -0.25) is 0 Å². The highest BCUT2D eigenvalue weighted by atomic mass is 35.5. The van der Waals surface area contributed by atoms with Crippen LogP contribution in [0.2, 0.25) is 0 Å². The summed E-state index contributed by atoms with van der Waals surface area (Å²) in [4.78, 5) is 0. The van der Waals surface area contributed by atoms with Crippen molar-refractivity contribution < 1.29 is 4.74 Å². The zero-order chi connectivity index (χ0) is 13.5. The van der Waals surface area contributed by atoms with Crippen molar-refractivity contribution in [1.29, 1.82) is 0 Å². The van der Waals surface area contributed by atoms with Gasteiger partial charge in [-0.15, -0.1) is 0 Å².